The summed E-state index contributed by atoms with van der Waals surface area (Å²) in [5, 5.41) is 10.0. The Hall–Kier alpha value is -1.48. The van der Waals surface area contributed by atoms with E-state index in [1.165, 1.54) is 0 Å². The van der Waals surface area contributed by atoms with Gasteiger partial charge in [0.1, 0.15) is 5.75 Å². The van der Waals surface area contributed by atoms with Gasteiger partial charge in [0.2, 0.25) is 0 Å². The highest BCUT2D eigenvalue weighted by atomic mass is 79.9. The zero-order valence-electron chi connectivity index (χ0n) is 11.3. The molecule has 0 spiro atoms. The zero-order valence-corrected chi connectivity index (χ0v) is 12.9. The van der Waals surface area contributed by atoms with Crippen LogP contribution in [0.5, 0.6) is 17.2 Å². The van der Waals surface area contributed by atoms with Crippen LogP contribution in [0.2, 0.25) is 0 Å². The van der Waals surface area contributed by atoms with Crippen molar-refractivity contribution in [1.29, 1.82) is 0 Å². The van der Waals surface area contributed by atoms with E-state index in [0.29, 0.717) is 11.5 Å². The molecule has 0 atom stereocenters. The molecule has 0 aliphatic heterocycles. The molecule has 2 nitrogen and oxygen atoms in total. The van der Waals surface area contributed by atoms with Gasteiger partial charge >= 0.3 is 0 Å². The Balaban J connectivity index is 2.24. The van der Waals surface area contributed by atoms with Gasteiger partial charge in [-0.15, -0.1) is 0 Å². The third-order valence-corrected chi connectivity index (χ3v) is 3.40. The Labute approximate surface area is 122 Å². The van der Waals surface area contributed by atoms with E-state index in [1.807, 2.05) is 30.3 Å². The van der Waals surface area contributed by atoms with Crippen LogP contribution in [0.1, 0.15) is 26.3 Å². The van der Waals surface area contributed by atoms with Crippen molar-refractivity contribution in [2.45, 2.75) is 26.2 Å². The number of ether oxygens (including phenoxy) is 1. The van der Waals surface area contributed by atoms with Crippen molar-refractivity contribution in [3.05, 3.63) is 52.5 Å². The molecule has 3 heteroatoms. The highest BCUT2D eigenvalue weighted by Crippen LogP contribution is 2.35. The number of halogens is 1. The minimum Gasteiger partial charge on any atom is -0.504 e. The molecule has 2 aromatic carbocycles. The number of hydrogen-bond acceptors (Lipinski definition) is 2. The highest BCUT2D eigenvalue weighted by Gasteiger charge is 2.16. The molecular weight excluding hydrogens is 304 g/mol. The second-order valence-electron chi connectivity index (χ2n) is 5.49. The van der Waals surface area contributed by atoms with Crippen LogP contribution in [-0.2, 0) is 5.41 Å². The molecule has 0 saturated heterocycles. The summed E-state index contributed by atoms with van der Waals surface area (Å²) in [5.41, 5.74) is 1.08. The van der Waals surface area contributed by atoms with Gasteiger partial charge in [-0.2, -0.15) is 0 Å². The summed E-state index contributed by atoms with van der Waals surface area (Å²) >= 11 is 3.37. The molecular formula is C16H17BrO2. The Bertz CT molecular complexity index is 568. The van der Waals surface area contributed by atoms with Gasteiger partial charge in [-0.05, 0) is 47.4 Å². The Morgan fingerprint density at radius 1 is 1.00 bits per heavy atom. The van der Waals surface area contributed by atoms with Crippen LogP contribution in [0.25, 0.3) is 0 Å². The molecule has 19 heavy (non-hydrogen) atoms. The number of hydrogen-bond donors (Lipinski definition) is 1. The summed E-state index contributed by atoms with van der Waals surface area (Å²) in [5.74, 6) is 1.33. The molecule has 2 rings (SSSR count). The van der Waals surface area contributed by atoms with Crippen molar-refractivity contribution in [2.75, 3.05) is 0 Å². The number of benzene rings is 2. The molecule has 0 aromatic heterocycles. The summed E-state index contributed by atoms with van der Waals surface area (Å²) in [6, 6.07) is 13.0. The minimum atomic E-state index is 0.00756. The van der Waals surface area contributed by atoms with E-state index in [4.69, 9.17) is 4.74 Å². The first-order valence-electron chi connectivity index (χ1n) is 6.13. The maximum atomic E-state index is 10.0. The summed E-state index contributed by atoms with van der Waals surface area (Å²) in [6.45, 7) is 6.32. The lowest BCUT2D eigenvalue weighted by Crippen LogP contribution is -2.10. The fourth-order valence-electron chi connectivity index (χ4n) is 1.70. The van der Waals surface area contributed by atoms with Crippen LogP contribution < -0.4 is 4.74 Å². The van der Waals surface area contributed by atoms with Gasteiger partial charge in [-0.1, -0.05) is 42.8 Å². The maximum Gasteiger partial charge on any atom is 0.169 e. The Morgan fingerprint density at radius 2 is 1.63 bits per heavy atom. The summed E-state index contributed by atoms with van der Waals surface area (Å²) in [6.07, 6.45) is 0. The normalized spacial score (nSPS) is 11.4. The first kappa shape index (κ1) is 13.9. The van der Waals surface area contributed by atoms with Crippen molar-refractivity contribution in [3.8, 4) is 17.2 Å². The van der Waals surface area contributed by atoms with Gasteiger partial charge in [0.05, 0.1) is 0 Å². The third kappa shape index (κ3) is 3.51. The second kappa shape index (κ2) is 5.25. The van der Waals surface area contributed by atoms with Crippen molar-refractivity contribution in [2.24, 2.45) is 0 Å². The summed E-state index contributed by atoms with van der Waals surface area (Å²) in [7, 11) is 0. The van der Waals surface area contributed by atoms with Crippen LogP contribution in [0.3, 0.4) is 0 Å². The highest BCUT2D eigenvalue weighted by molar-refractivity contribution is 9.10. The largest absolute Gasteiger partial charge is 0.504 e. The molecule has 0 fully saturated rings. The van der Waals surface area contributed by atoms with Gasteiger partial charge in [0, 0.05) is 4.47 Å². The van der Waals surface area contributed by atoms with Crippen LogP contribution in [-0.4, -0.2) is 5.11 Å². The topological polar surface area (TPSA) is 29.5 Å². The molecule has 0 aliphatic rings. The number of aromatic hydroxyl groups is 1. The number of phenolic OH excluding ortho intramolecular Hbond substituents is 1. The predicted octanol–water partition coefficient (Wildman–Crippen LogP) is 5.24. The summed E-state index contributed by atoms with van der Waals surface area (Å²) in [4.78, 5) is 0. The fraction of sp³-hybridized carbons (Fsp3) is 0.250. The van der Waals surface area contributed by atoms with Crippen LogP contribution in [0.4, 0.5) is 0 Å². The third-order valence-electron chi connectivity index (χ3n) is 2.87. The van der Waals surface area contributed by atoms with Gasteiger partial charge in [-0.25, -0.2) is 0 Å². The standard InChI is InChI=1S/C16H17BrO2/c1-16(2,3)11-4-9-15(14(18)10-11)19-13-7-5-12(17)6-8-13/h4-10,18H,1-3H3. The van der Waals surface area contributed by atoms with Crippen LogP contribution in [0, 0.1) is 0 Å². The van der Waals surface area contributed by atoms with E-state index < -0.39 is 0 Å². The quantitative estimate of drug-likeness (QED) is 0.819. The Morgan fingerprint density at radius 3 is 2.16 bits per heavy atom. The molecule has 1 N–H and O–H groups in total. The number of phenols is 1. The maximum absolute atomic E-state index is 10.0. The number of rotatable bonds is 2. The average molecular weight is 321 g/mol. The van der Waals surface area contributed by atoms with Gasteiger partial charge < -0.3 is 9.84 Å². The smallest absolute Gasteiger partial charge is 0.169 e. The van der Waals surface area contributed by atoms with E-state index in [-0.39, 0.29) is 11.2 Å². The van der Waals surface area contributed by atoms with E-state index in [2.05, 4.69) is 36.7 Å². The molecule has 0 unspecified atom stereocenters. The first-order chi connectivity index (χ1) is 8.86. The zero-order chi connectivity index (χ0) is 14.0. The second-order valence-corrected chi connectivity index (χ2v) is 6.40. The van der Waals surface area contributed by atoms with Crippen molar-refractivity contribution in [1.82, 2.24) is 0 Å². The fourth-order valence-corrected chi connectivity index (χ4v) is 1.96. The lowest BCUT2D eigenvalue weighted by atomic mass is 9.87. The monoisotopic (exact) mass is 320 g/mol. The molecule has 2 aromatic rings. The van der Waals surface area contributed by atoms with Gasteiger partial charge in [0.25, 0.3) is 0 Å². The van der Waals surface area contributed by atoms with Gasteiger partial charge in [0.15, 0.2) is 11.5 Å². The Kier molecular flexibility index (Phi) is 3.85. The minimum absolute atomic E-state index is 0.00756. The van der Waals surface area contributed by atoms with Crippen molar-refractivity contribution in [3.63, 3.8) is 0 Å². The first-order valence-corrected chi connectivity index (χ1v) is 6.92. The predicted molar refractivity (Wildman–Crippen MR) is 81.0 cm³/mol. The van der Waals surface area contributed by atoms with E-state index in [1.54, 1.807) is 12.1 Å². The average Bonchev–Trinajstić information content (AvgIpc) is 2.33. The van der Waals surface area contributed by atoms with Crippen molar-refractivity contribution < 1.29 is 9.84 Å². The van der Waals surface area contributed by atoms with Crippen LogP contribution >= 0.6 is 15.9 Å². The molecule has 100 valence electrons. The summed E-state index contributed by atoms with van der Waals surface area (Å²) < 4.78 is 6.65. The molecule has 0 heterocycles. The van der Waals surface area contributed by atoms with Gasteiger partial charge in [-0.3, -0.25) is 0 Å². The van der Waals surface area contributed by atoms with Crippen LogP contribution in [0.15, 0.2) is 46.9 Å². The molecule has 0 saturated carbocycles. The van der Waals surface area contributed by atoms with Crippen molar-refractivity contribution >= 4 is 15.9 Å². The molecule has 0 bridgehead atoms. The molecule has 0 amide bonds. The van der Waals surface area contributed by atoms with E-state index >= 15 is 0 Å². The molecule has 0 radical (unpaired) electrons. The van der Waals surface area contributed by atoms with E-state index in [9.17, 15) is 5.11 Å². The lowest BCUT2D eigenvalue weighted by molar-refractivity contribution is 0.409. The molecule has 0 aliphatic carbocycles. The lowest BCUT2D eigenvalue weighted by Gasteiger charge is -2.20. The van der Waals surface area contributed by atoms with E-state index in [0.717, 1.165) is 10.0 Å². The SMILES string of the molecule is CC(C)(C)c1ccc(Oc2ccc(Br)cc2)c(O)c1.